The molecule has 0 aromatic rings. The van der Waals surface area contributed by atoms with Gasteiger partial charge in [-0.15, -0.1) is 0 Å². The van der Waals surface area contributed by atoms with Crippen LogP contribution in [0.15, 0.2) is 5.11 Å². The highest BCUT2D eigenvalue weighted by molar-refractivity contribution is 5.69. The fourth-order valence-electron chi connectivity index (χ4n) is 2.70. The van der Waals surface area contributed by atoms with Crippen molar-refractivity contribution in [2.75, 3.05) is 26.2 Å². The highest BCUT2D eigenvalue weighted by atomic mass is 16.5. The van der Waals surface area contributed by atoms with E-state index in [1.54, 1.807) is 0 Å². The van der Waals surface area contributed by atoms with Gasteiger partial charge in [-0.05, 0) is 57.8 Å². The third-order valence-electron chi connectivity index (χ3n) is 3.93. The molecule has 0 aromatic heterocycles. The minimum atomic E-state index is -0.0691. The lowest BCUT2D eigenvalue weighted by molar-refractivity contribution is -0.143. The Morgan fingerprint density at radius 2 is 1.90 bits per heavy atom. The van der Waals surface area contributed by atoms with E-state index in [1.807, 2.05) is 6.92 Å². The summed E-state index contributed by atoms with van der Waals surface area (Å²) >= 11 is 0. The highest BCUT2D eigenvalue weighted by Gasteiger charge is 2.17. The molecule has 1 saturated heterocycles. The Hall–Kier alpha value is -1.26. The third kappa shape index (κ3) is 8.58. The number of esters is 1. The number of nitrogens with zero attached hydrogens (tertiary/aromatic N) is 4. The van der Waals surface area contributed by atoms with Crippen molar-refractivity contribution in [1.29, 1.82) is 0 Å². The van der Waals surface area contributed by atoms with Gasteiger partial charge in [0.05, 0.1) is 6.61 Å². The molecular weight excluding hydrogens is 268 g/mol. The Balaban J connectivity index is 1.91. The zero-order valence-electron chi connectivity index (χ0n) is 13.2. The van der Waals surface area contributed by atoms with E-state index in [0.717, 1.165) is 45.3 Å². The number of rotatable bonds is 10. The number of carbonyl (C=O) groups excluding carboxylic acids is 1. The molecular formula is C15H28N4O2. The second kappa shape index (κ2) is 11.4. The maximum atomic E-state index is 11.2. The van der Waals surface area contributed by atoms with Gasteiger partial charge in [0.1, 0.15) is 0 Å². The molecule has 1 heterocycles. The van der Waals surface area contributed by atoms with Gasteiger partial charge in [0.15, 0.2) is 0 Å². The molecule has 1 aliphatic rings. The molecule has 1 fully saturated rings. The zero-order valence-corrected chi connectivity index (χ0v) is 13.2. The van der Waals surface area contributed by atoms with Crippen LogP contribution in [0.2, 0.25) is 0 Å². The molecule has 6 heteroatoms. The van der Waals surface area contributed by atoms with Crippen molar-refractivity contribution in [3.8, 4) is 0 Å². The fourth-order valence-corrected chi connectivity index (χ4v) is 2.70. The predicted octanol–water partition coefficient (Wildman–Crippen LogP) is 3.66. The van der Waals surface area contributed by atoms with Crippen LogP contribution in [0.1, 0.15) is 58.3 Å². The van der Waals surface area contributed by atoms with E-state index < -0.39 is 0 Å². The summed E-state index contributed by atoms with van der Waals surface area (Å²) in [6.45, 7) is 5.56. The molecule has 0 spiro atoms. The first-order valence-corrected chi connectivity index (χ1v) is 8.18. The molecule has 120 valence electrons. The molecule has 0 saturated carbocycles. The lowest BCUT2D eigenvalue weighted by Crippen LogP contribution is -2.35. The van der Waals surface area contributed by atoms with Gasteiger partial charge < -0.3 is 9.64 Å². The number of hydrogen-bond donors (Lipinski definition) is 0. The van der Waals surface area contributed by atoms with Crippen LogP contribution in [0, 0.1) is 0 Å². The van der Waals surface area contributed by atoms with Crippen LogP contribution in [-0.2, 0) is 9.53 Å². The number of unbranched alkanes of at least 4 members (excludes halogenated alkanes) is 4. The van der Waals surface area contributed by atoms with Crippen molar-refractivity contribution in [1.82, 2.24) is 4.90 Å². The van der Waals surface area contributed by atoms with Crippen LogP contribution >= 0.6 is 0 Å². The Morgan fingerprint density at radius 1 is 1.24 bits per heavy atom. The average Bonchev–Trinajstić information content (AvgIpc) is 2.48. The lowest BCUT2D eigenvalue weighted by atomic mass is 10.1. The van der Waals surface area contributed by atoms with Crippen LogP contribution in [0.25, 0.3) is 10.4 Å². The lowest BCUT2D eigenvalue weighted by Gasteiger charge is -2.29. The van der Waals surface area contributed by atoms with Crippen molar-refractivity contribution in [2.24, 2.45) is 5.11 Å². The molecule has 0 bridgehead atoms. The van der Waals surface area contributed by atoms with E-state index in [1.165, 1.54) is 19.3 Å². The molecule has 0 atom stereocenters. The Labute approximate surface area is 127 Å². The van der Waals surface area contributed by atoms with Gasteiger partial charge in [0.2, 0.25) is 0 Å². The number of azide groups is 1. The van der Waals surface area contributed by atoms with E-state index in [0.29, 0.717) is 13.0 Å². The number of ether oxygens (including phenoxy) is 1. The average molecular weight is 296 g/mol. The van der Waals surface area contributed by atoms with Crippen LogP contribution in [0.4, 0.5) is 0 Å². The Bertz CT molecular complexity index is 335. The maximum absolute atomic E-state index is 11.2. The summed E-state index contributed by atoms with van der Waals surface area (Å²) in [5.41, 5.74) is 8.41. The smallest absolute Gasteiger partial charge is 0.305 e. The minimum absolute atomic E-state index is 0.0691. The molecule has 0 N–H and O–H groups in total. The standard InChI is InChI=1S/C15H28N4O2/c1-2-21-15(20)8-6-4-3-5-7-11-19-12-9-14(10-13-19)17-18-16/h14H,2-13H2,1H3. The molecule has 6 nitrogen and oxygen atoms in total. The van der Waals surface area contributed by atoms with E-state index in [-0.39, 0.29) is 12.0 Å². The predicted molar refractivity (Wildman–Crippen MR) is 82.9 cm³/mol. The summed E-state index contributed by atoms with van der Waals surface area (Å²) in [7, 11) is 0. The number of piperidine rings is 1. The summed E-state index contributed by atoms with van der Waals surface area (Å²) < 4.78 is 4.90. The van der Waals surface area contributed by atoms with E-state index in [9.17, 15) is 4.79 Å². The summed E-state index contributed by atoms with van der Waals surface area (Å²) in [4.78, 5) is 16.5. The first kappa shape index (κ1) is 17.8. The van der Waals surface area contributed by atoms with E-state index >= 15 is 0 Å². The number of likely N-dealkylation sites (tertiary alicyclic amines) is 1. The number of carbonyl (C=O) groups is 1. The molecule has 0 aromatic carbocycles. The van der Waals surface area contributed by atoms with Gasteiger partial charge in [0, 0.05) is 17.4 Å². The van der Waals surface area contributed by atoms with Gasteiger partial charge in [-0.25, -0.2) is 0 Å². The van der Waals surface area contributed by atoms with E-state index in [2.05, 4.69) is 14.9 Å². The molecule has 1 aliphatic heterocycles. The zero-order chi connectivity index (χ0) is 15.3. The highest BCUT2D eigenvalue weighted by Crippen LogP contribution is 2.15. The van der Waals surface area contributed by atoms with Crippen LogP contribution in [0.5, 0.6) is 0 Å². The molecule has 1 rings (SSSR count). The van der Waals surface area contributed by atoms with Crippen molar-refractivity contribution in [3.05, 3.63) is 10.4 Å². The Morgan fingerprint density at radius 3 is 2.57 bits per heavy atom. The van der Waals surface area contributed by atoms with Gasteiger partial charge in [-0.3, -0.25) is 4.79 Å². The second-order valence-electron chi connectivity index (χ2n) is 5.60. The largest absolute Gasteiger partial charge is 0.466 e. The van der Waals surface area contributed by atoms with Gasteiger partial charge in [-0.1, -0.05) is 24.4 Å². The van der Waals surface area contributed by atoms with Crippen LogP contribution < -0.4 is 0 Å². The molecule has 21 heavy (non-hydrogen) atoms. The second-order valence-corrected chi connectivity index (χ2v) is 5.60. The van der Waals surface area contributed by atoms with Crippen LogP contribution in [0.3, 0.4) is 0 Å². The quantitative estimate of drug-likeness (QED) is 0.203. The summed E-state index contributed by atoms with van der Waals surface area (Å²) in [5.74, 6) is -0.0691. The molecule has 0 aliphatic carbocycles. The number of hydrogen-bond acceptors (Lipinski definition) is 4. The van der Waals surface area contributed by atoms with E-state index in [4.69, 9.17) is 10.3 Å². The Kier molecular flexibility index (Phi) is 9.66. The topological polar surface area (TPSA) is 78.3 Å². The first-order valence-electron chi connectivity index (χ1n) is 8.18. The SMILES string of the molecule is CCOC(=O)CCCCCCCN1CCC(N=[N+]=[N-])CC1. The molecule has 0 radical (unpaired) electrons. The van der Waals surface area contributed by atoms with Crippen molar-refractivity contribution in [3.63, 3.8) is 0 Å². The summed E-state index contributed by atoms with van der Waals surface area (Å²) in [5, 5.41) is 3.79. The first-order chi connectivity index (χ1) is 10.3. The normalized spacial score (nSPS) is 16.4. The van der Waals surface area contributed by atoms with Gasteiger partial charge in [-0.2, -0.15) is 0 Å². The van der Waals surface area contributed by atoms with Gasteiger partial charge >= 0.3 is 5.97 Å². The van der Waals surface area contributed by atoms with Crippen molar-refractivity contribution >= 4 is 5.97 Å². The summed E-state index contributed by atoms with van der Waals surface area (Å²) in [6, 6.07) is 0.203. The fraction of sp³-hybridized carbons (Fsp3) is 0.933. The van der Waals surface area contributed by atoms with Crippen molar-refractivity contribution < 1.29 is 9.53 Å². The summed E-state index contributed by atoms with van der Waals surface area (Å²) in [6.07, 6.45) is 8.21. The van der Waals surface area contributed by atoms with Crippen molar-refractivity contribution in [2.45, 2.75) is 64.3 Å². The van der Waals surface area contributed by atoms with Gasteiger partial charge in [0.25, 0.3) is 0 Å². The minimum Gasteiger partial charge on any atom is -0.466 e. The van der Waals surface area contributed by atoms with Crippen LogP contribution in [-0.4, -0.2) is 43.2 Å². The monoisotopic (exact) mass is 296 g/mol. The molecule has 0 amide bonds. The third-order valence-corrected chi connectivity index (χ3v) is 3.93. The maximum Gasteiger partial charge on any atom is 0.305 e. The molecule has 0 unspecified atom stereocenters.